The van der Waals surface area contributed by atoms with E-state index in [1.807, 2.05) is 16.9 Å². The maximum Gasteiger partial charge on any atom is 0.0659 e. The smallest absolute Gasteiger partial charge is 0.0659 e. The molecule has 0 radical (unpaired) electrons. The second-order valence-corrected chi connectivity index (χ2v) is 5.83. The van der Waals surface area contributed by atoms with Crippen molar-refractivity contribution < 1.29 is 4.74 Å². The van der Waals surface area contributed by atoms with E-state index in [-0.39, 0.29) is 0 Å². The Morgan fingerprint density at radius 2 is 2.19 bits per heavy atom. The molecule has 1 aromatic carbocycles. The second kappa shape index (κ2) is 6.87. The first-order valence-corrected chi connectivity index (χ1v) is 7.67. The van der Waals surface area contributed by atoms with Crippen LogP contribution in [0.5, 0.6) is 0 Å². The third-order valence-corrected chi connectivity index (χ3v) is 4.17. The zero-order chi connectivity index (χ0) is 14.5. The summed E-state index contributed by atoms with van der Waals surface area (Å²) in [6.07, 6.45) is 5.24. The topological polar surface area (TPSA) is 39.1 Å². The first-order chi connectivity index (χ1) is 10.3. The van der Waals surface area contributed by atoms with Gasteiger partial charge in [-0.1, -0.05) is 30.3 Å². The van der Waals surface area contributed by atoms with E-state index in [0.29, 0.717) is 12.0 Å². The van der Waals surface area contributed by atoms with Crippen LogP contribution < -0.4 is 5.32 Å². The fourth-order valence-corrected chi connectivity index (χ4v) is 2.75. The summed E-state index contributed by atoms with van der Waals surface area (Å²) >= 11 is 0. The van der Waals surface area contributed by atoms with Gasteiger partial charge in [-0.2, -0.15) is 5.10 Å². The molecule has 2 heterocycles. The highest BCUT2D eigenvalue weighted by atomic mass is 16.5. The number of ether oxygens (including phenoxy) is 1. The SMILES string of the molecule is CC(NCc1cnn(Cc2ccccc2)c1)C1CCOC1. The van der Waals surface area contributed by atoms with E-state index in [0.717, 1.165) is 26.3 Å². The predicted octanol–water partition coefficient (Wildman–Crippen LogP) is 2.45. The molecule has 21 heavy (non-hydrogen) atoms. The molecular weight excluding hydrogens is 262 g/mol. The molecule has 2 aromatic rings. The van der Waals surface area contributed by atoms with Crippen molar-refractivity contribution in [2.75, 3.05) is 13.2 Å². The lowest BCUT2D eigenvalue weighted by atomic mass is 10.0. The van der Waals surface area contributed by atoms with E-state index in [2.05, 4.69) is 47.8 Å². The lowest BCUT2D eigenvalue weighted by molar-refractivity contribution is 0.178. The molecule has 0 aliphatic carbocycles. The third-order valence-electron chi connectivity index (χ3n) is 4.17. The fraction of sp³-hybridized carbons (Fsp3) is 0.471. The molecule has 0 saturated carbocycles. The van der Waals surface area contributed by atoms with Crippen molar-refractivity contribution in [1.82, 2.24) is 15.1 Å². The Bertz CT molecular complexity index is 546. The summed E-state index contributed by atoms with van der Waals surface area (Å²) in [5, 5.41) is 8.02. The molecule has 4 nitrogen and oxygen atoms in total. The van der Waals surface area contributed by atoms with Gasteiger partial charge in [0.2, 0.25) is 0 Å². The molecule has 0 spiro atoms. The first kappa shape index (κ1) is 14.3. The van der Waals surface area contributed by atoms with E-state index >= 15 is 0 Å². The highest BCUT2D eigenvalue weighted by molar-refractivity contribution is 5.15. The van der Waals surface area contributed by atoms with Gasteiger partial charge in [-0.3, -0.25) is 4.68 Å². The van der Waals surface area contributed by atoms with Gasteiger partial charge in [0.25, 0.3) is 0 Å². The Morgan fingerprint density at radius 1 is 1.33 bits per heavy atom. The number of aromatic nitrogens is 2. The third kappa shape index (κ3) is 3.93. The van der Waals surface area contributed by atoms with Crippen molar-refractivity contribution in [2.24, 2.45) is 5.92 Å². The highest BCUT2D eigenvalue weighted by Crippen LogP contribution is 2.16. The van der Waals surface area contributed by atoms with Crippen molar-refractivity contribution in [3.05, 3.63) is 53.9 Å². The minimum atomic E-state index is 0.491. The maximum absolute atomic E-state index is 5.44. The van der Waals surface area contributed by atoms with E-state index in [1.165, 1.54) is 17.5 Å². The van der Waals surface area contributed by atoms with Crippen LogP contribution in [0.1, 0.15) is 24.5 Å². The van der Waals surface area contributed by atoms with Crippen LogP contribution in [0.2, 0.25) is 0 Å². The number of hydrogen-bond acceptors (Lipinski definition) is 3. The van der Waals surface area contributed by atoms with Gasteiger partial charge in [-0.05, 0) is 24.8 Å². The molecule has 1 saturated heterocycles. The largest absolute Gasteiger partial charge is 0.381 e. The fourth-order valence-electron chi connectivity index (χ4n) is 2.75. The van der Waals surface area contributed by atoms with E-state index in [4.69, 9.17) is 4.74 Å². The van der Waals surface area contributed by atoms with Crippen LogP contribution in [0.15, 0.2) is 42.7 Å². The highest BCUT2D eigenvalue weighted by Gasteiger charge is 2.21. The Balaban J connectivity index is 1.50. The van der Waals surface area contributed by atoms with Crippen molar-refractivity contribution in [3.8, 4) is 0 Å². The Hall–Kier alpha value is -1.65. The average Bonchev–Trinajstić information content (AvgIpc) is 3.17. The van der Waals surface area contributed by atoms with Crippen molar-refractivity contribution >= 4 is 0 Å². The molecule has 3 rings (SSSR count). The molecule has 112 valence electrons. The van der Waals surface area contributed by atoms with Crippen LogP contribution in [-0.4, -0.2) is 29.0 Å². The van der Waals surface area contributed by atoms with Crippen molar-refractivity contribution in [1.29, 1.82) is 0 Å². The quantitative estimate of drug-likeness (QED) is 0.886. The van der Waals surface area contributed by atoms with Crippen LogP contribution in [0.25, 0.3) is 0 Å². The zero-order valence-electron chi connectivity index (χ0n) is 12.5. The Kier molecular flexibility index (Phi) is 4.68. The molecular formula is C17H23N3O. The number of hydrogen-bond donors (Lipinski definition) is 1. The van der Waals surface area contributed by atoms with Crippen LogP contribution in [0.3, 0.4) is 0 Å². The standard InChI is InChI=1S/C17H23N3O/c1-14(17-7-8-21-13-17)18-9-16-10-19-20(12-16)11-15-5-3-2-4-6-15/h2-6,10,12,14,17-18H,7-9,11,13H2,1H3. The van der Waals surface area contributed by atoms with Gasteiger partial charge >= 0.3 is 0 Å². The number of rotatable bonds is 6. The predicted molar refractivity (Wildman–Crippen MR) is 83.0 cm³/mol. The van der Waals surface area contributed by atoms with E-state index < -0.39 is 0 Å². The molecule has 1 aromatic heterocycles. The van der Waals surface area contributed by atoms with Gasteiger partial charge in [0.15, 0.2) is 0 Å². The van der Waals surface area contributed by atoms with Gasteiger partial charge in [0, 0.05) is 31.0 Å². The summed E-state index contributed by atoms with van der Waals surface area (Å²) in [6.45, 7) is 5.74. The summed E-state index contributed by atoms with van der Waals surface area (Å²) in [7, 11) is 0. The summed E-state index contributed by atoms with van der Waals surface area (Å²) in [5.41, 5.74) is 2.51. The molecule has 0 bridgehead atoms. The van der Waals surface area contributed by atoms with E-state index in [1.54, 1.807) is 0 Å². The van der Waals surface area contributed by atoms with Gasteiger partial charge < -0.3 is 10.1 Å². The Labute approximate surface area is 126 Å². The summed E-state index contributed by atoms with van der Waals surface area (Å²) in [4.78, 5) is 0. The number of nitrogens with zero attached hydrogens (tertiary/aromatic N) is 2. The molecule has 1 fully saturated rings. The molecule has 1 aliphatic heterocycles. The van der Waals surface area contributed by atoms with Crippen molar-refractivity contribution in [2.45, 2.75) is 32.5 Å². The first-order valence-electron chi connectivity index (χ1n) is 7.67. The van der Waals surface area contributed by atoms with Gasteiger partial charge in [-0.15, -0.1) is 0 Å². The van der Waals surface area contributed by atoms with E-state index in [9.17, 15) is 0 Å². The van der Waals surface area contributed by atoms with Gasteiger partial charge in [0.1, 0.15) is 0 Å². The second-order valence-electron chi connectivity index (χ2n) is 5.83. The lowest BCUT2D eigenvalue weighted by Crippen LogP contribution is -2.33. The monoisotopic (exact) mass is 285 g/mol. The molecule has 2 unspecified atom stereocenters. The molecule has 0 amide bonds. The lowest BCUT2D eigenvalue weighted by Gasteiger charge is -2.18. The summed E-state index contributed by atoms with van der Waals surface area (Å²) < 4.78 is 7.44. The van der Waals surface area contributed by atoms with Crippen LogP contribution in [0.4, 0.5) is 0 Å². The molecule has 2 atom stereocenters. The van der Waals surface area contributed by atoms with Gasteiger partial charge in [-0.25, -0.2) is 0 Å². The van der Waals surface area contributed by atoms with Crippen LogP contribution in [-0.2, 0) is 17.8 Å². The van der Waals surface area contributed by atoms with Gasteiger partial charge in [0.05, 0.1) is 19.3 Å². The zero-order valence-corrected chi connectivity index (χ0v) is 12.5. The average molecular weight is 285 g/mol. The number of benzene rings is 1. The minimum absolute atomic E-state index is 0.491. The minimum Gasteiger partial charge on any atom is -0.381 e. The number of nitrogens with one attached hydrogen (secondary N) is 1. The summed E-state index contributed by atoms with van der Waals surface area (Å²) in [5.74, 6) is 0.643. The molecule has 1 N–H and O–H groups in total. The molecule has 4 heteroatoms. The normalized spacial score (nSPS) is 19.8. The summed E-state index contributed by atoms with van der Waals surface area (Å²) in [6, 6.07) is 10.9. The maximum atomic E-state index is 5.44. The Morgan fingerprint density at radius 3 is 2.95 bits per heavy atom. The molecule has 1 aliphatic rings. The van der Waals surface area contributed by atoms with Crippen LogP contribution in [0, 0.1) is 5.92 Å². The van der Waals surface area contributed by atoms with Crippen LogP contribution >= 0.6 is 0 Å². The van der Waals surface area contributed by atoms with Crippen molar-refractivity contribution in [3.63, 3.8) is 0 Å².